The molecule has 2 heterocycles. The van der Waals surface area contributed by atoms with Crippen molar-refractivity contribution in [2.75, 3.05) is 56.6 Å². The van der Waals surface area contributed by atoms with E-state index in [1.54, 1.807) is 7.11 Å². The second kappa shape index (κ2) is 7.23. The first-order valence-electron chi connectivity index (χ1n) is 7.28. The molecule has 2 rings (SSSR count). The number of anilines is 2. The van der Waals surface area contributed by atoms with Crippen molar-refractivity contribution in [3.63, 3.8) is 0 Å². The van der Waals surface area contributed by atoms with E-state index >= 15 is 0 Å². The maximum atomic E-state index is 5.17. The summed E-state index contributed by atoms with van der Waals surface area (Å²) in [5.41, 5.74) is 0. The molecule has 1 aliphatic heterocycles. The van der Waals surface area contributed by atoms with Crippen LogP contribution in [0, 0.1) is 0 Å². The molecule has 1 saturated heterocycles. The predicted molar refractivity (Wildman–Crippen MR) is 79.5 cm³/mol. The maximum Gasteiger partial charge on any atom is 0.322 e. The quantitative estimate of drug-likeness (QED) is 0.828. The first-order valence-corrected chi connectivity index (χ1v) is 7.28. The number of nitrogens with zero attached hydrogens (tertiary/aromatic N) is 5. The zero-order valence-electron chi connectivity index (χ0n) is 12.6. The standard InChI is InChI=1S/C13H24N6O/c1-4-6-14-11-15-12(17-13(16-11)20-3)19-9-7-18(5-2)8-10-19/h4-10H2,1-3H3,(H,14,15,16,17). The lowest BCUT2D eigenvalue weighted by Crippen LogP contribution is -2.46. The van der Waals surface area contributed by atoms with E-state index in [-0.39, 0.29) is 0 Å². The second-order valence-electron chi connectivity index (χ2n) is 4.79. The van der Waals surface area contributed by atoms with E-state index in [0.717, 1.165) is 45.7 Å². The summed E-state index contributed by atoms with van der Waals surface area (Å²) < 4.78 is 5.17. The second-order valence-corrected chi connectivity index (χ2v) is 4.79. The Hall–Kier alpha value is -1.63. The summed E-state index contributed by atoms with van der Waals surface area (Å²) in [6.45, 7) is 10.2. The van der Waals surface area contributed by atoms with E-state index in [1.807, 2.05) is 0 Å². The molecule has 0 aromatic carbocycles. The highest BCUT2D eigenvalue weighted by Gasteiger charge is 2.19. The first-order chi connectivity index (χ1) is 9.76. The lowest BCUT2D eigenvalue weighted by atomic mass is 10.3. The lowest BCUT2D eigenvalue weighted by molar-refractivity contribution is 0.269. The van der Waals surface area contributed by atoms with Crippen molar-refractivity contribution in [2.24, 2.45) is 0 Å². The molecule has 0 aliphatic carbocycles. The highest BCUT2D eigenvalue weighted by Crippen LogP contribution is 2.16. The predicted octanol–water partition coefficient (Wildman–Crippen LogP) is 0.844. The number of aromatic nitrogens is 3. The molecule has 7 heteroatoms. The van der Waals surface area contributed by atoms with E-state index in [1.165, 1.54) is 0 Å². The van der Waals surface area contributed by atoms with Crippen LogP contribution in [-0.2, 0) is 0 Å². The third kappa shape index (κ3) is 3.69. The van der Waals surface area contributed by atoms with E-state index in [0.29, 0.717) is 17.9 Å². The largest absolute Gasteiger partial charge is 0.467 e. The molecule has 1 aromatic rings. The van der Waals surface area contributed by atoms with Gasteiger partial charge in [-0.25, -0.2) is 0 Å². The van der Waals surface area contributed by atoms with Crippen molar-refractivity contribution in [1.29, 1.82) is 0 Å². The van der Waals surface area contributed by atoms with Crippen LogP contribution in [0.15, 0.2) is 0 Å². The summed E-state index contributed by atoms with van der Waals surface area (Å²) in [6, 6.07) is 0.367. The summed E-state index contributed by atoms with van der Waals surface area (Å²) in [5.74, 6) is 1.29. The first kappa shape index (κ1) is 14.8. The van der Waals surface area contributed by atoms with Gasteiger partial charge in [0.15, 0.2) is 0 Å². The molecule has 0 radical (unpaired) electrons. The number of likely N-dealkylation sites (N-methyl/N-ethyl adjacent to an activating group) is 1. The molecule has 1 N–H and O–H groups in total. The third-order valence-electron chi connectivity index (χ3n) is 3.42. The van der Waals surface area contributed by atoms with Crippen molar-refractivity contribution in [1.82, 2.24) is 19.9 Å². The van der Waals surface area contributed by atoms with Gasteiger partial charge in [-0.2, -0.15) is 15.0 Å². The van der Waals surface area contributed by atoms with E-state index in [4.69, 9.17) is 4.74 Å². The summed E-state index contributed by atoms with van der Waals surface area (Å²) in [6.07, 6.45) is 1.03. The van der Waals surface area contributed by atoms with Crippen LogP contribution in [-0.4, -0.2) is 66.2 Å². The van der Waals surface area contributed by atoms with Crippen LogP contribution in [0.4, 0.5) is 11.9 Å². The number of hydrogen-bond acceptors (Lipinski definition) is 7. The Morgan fingerprint density at radius 1 is 1.10 bits per heavy atom. The SMILES string of the molecule is CCCNc1nc(OC)nc(N2CCN(CC)CC2)n1. The topological polar surface area (TPSA) is 66.4 Å². The van der Waals surface area contributed by atoms with Gasteiger partial charge in [-0.1, -0.05) is 13.8 Å². The van der Waals surface area contributed by atoms with Crippen molar-refractivity contribution < 1.29 is 4.74 Å². The third-order valence-corrected chi connectivity index (χ3v) is 3.42. The van der Waals surface area contributed by atoms with E-state index < -0.39 is 0 Å². The average molecular weight is 280 g/mol. The summed E-state index contributed by atoms with van der Waals surface area (Å²) in [5, 5.41) is 3.19. The van der Waals surface area contributed by atoms with Gasteiger partial charge in [0.05, 0.1) is 7.11 Å². The minimum Gasteiger partial charge on any atom is -0.467 e. The van der Waals surface area contributed by atoms with Gasteiger partial charge in [0.1, 0.15) is 0 Å². The molecule has 1 aromatic heterocycles. The molecule has 0 atom stereocenters. The Morgan fingerprint density at radius 3 is 2.45 bits per heavy atom. The minimum atomic E-state index is 0.367. The molecule has 20 heavy (non-hydrogen) atoms. The summed E-state index contributed by atoms with van der Waals surface area (Å²) >= 11 is 0. The molecular weight excluding hydrogens is 256 g/mol. The van der Waals surface area contributed by atoms with Crippen LogP contribution in [0.3, 0.4) is 0 Å². The molecule has 112 valence electrons. The number of hydrogen-bond donors (Lipinski definition) is 1. The molecule has 0 bridgehead atoms. The van der Waals surface area contributed by atoms with Crippen LogP contribution in [0.25, 0.3) is 0 Å². The van der Waals surface area contributed by atoms with E-state index in [2.05, 4.69) is 43.9 Å². The van der Waals surface area contributed by atoms with Crippen LogP contribution in [0.1, 0.15) is 20.3 Å². The van der Waals surface area contributed by atoms with Gasteiger partial charge in [-0.3, -0.25) is 0 Å². The number of piperazine rings is 1. The molecule has 0 amide bonds. The highest BCUT2D eigenvalue weighted by atomic mass is 16.5. The Morgan fingerprint density at radius 2 is 1.85 bits per heavy atom. The Labute approximate surface area is 120 Å². The van der Waals surface area contributed by atoms with Gasteiger partial charge in [0.25, 0.3) is 0 Å². The normalized spacial score (nSPS) is 16.2. The molecule has 7 nitrogen and oxygen atoms in total. The van der Waals surface area contributed by atoms with Gasteiger partial charge in [-0.15, -0.1) is 0 Å². The summed E-state index contributed by atoms with van der Waals surface area (Å²) in [4.78, 5) is 17.7. The fourth-order valence-corrected chi connectivity index (χ4v) is 2.16. The number of nitrogens with one attached hydrogen (secondary N) is 1. The van der Waals surface area contributed by atoms with Gasteiger partial charge in [-0.05, 0) is 13.0 Å². The van der Waals surface area contributed by atoms with Crippen LogP contribution in [0.2, 0.25) is 0 Å². The zero-order chi connectivity index (χ0) is 14.4. The molecule has 1 fully saturated rings. The monoisotopic (exact) mass is 280 g/mol. The number of methoxy groups -OCH3 is 1. The minimum absolute atomic E-state index is 0.367. The Kier molecular flexibility index (Phi) is 5.34. The molecule has 0 saturated carbocycles. The van der Waals surface area contributed by atoms with Gasteiger partial charge >= 0.3 is 6.01 Å². The van der Waals surface area contributed by atoms with Crippen molar-refractivity contribution in [2.45, 2.75) is 20.3 Å². The van der Waals surface area contributed by atoms with Gasteiger partial charge in [0.2, 0.25) is 11.9 Å². The zero-order valence-corrected chi connectivity index (χ0v) is 12.6. The molecule has 1 aliphatic rings. The van der Waals surface area contributed by atoms with Crippen LogP contribution < -0.4 is 15.0 Å². The van der Waals surface area contributed by atoms with Gasteiger partial charge in [0, 0.05) is 32.7 Å². The molecule has 0 spiro atoms. The summed E-state index contributed by atoms with van der Waals surface area (Å²) in [7, 11) is 1.58. The number of ether oxygens (including phenoxy) is 1. The van der Waals surface area contributed by atoms with Crippen molar-refractivity contribution >= 4 is 11.9 Å². The molecular formula is C13H24N6O. The van der Waals surface area contributed by atoms with Crippen molar-refractivity contribution in [3.05, 3.63) is 0 Å². The number of rotatable bonds is 6. The Bertz CT molecular complexity index is 419. The van der Waals surface area contributed by atoms with Crippen molar-refractivity contribution in [3.8, 4) is 6.01 Å². The van der Waals surface area contributed by atoms with Gasteiger partial charge < -0.3 is 19.9 Å². The molecule has 0 unspecified atom stereocenters. The fourth-order valence-electron chi connectivity index (χ4n) is 2.16. The highest BCUT2D eigenvalue weighted by molar-refractivity contribution is 5.38. The maximum absolute atomic E-state index is 5.17. The average Bonchev–Trinajstić information content (AvgIpc) is 2.52. The fraction of sp³-hybridized carbons (Fsp3) is 0.769. The van der Waals surface area contributed by atoms with E-state index in [9.17, 15) is 0 Å². The van der Waals surface area contributed by atoms with Crippen LogP contribution in [0.5, 0.6) is 6.01 Å². The Balaban J connectivity index is 2.10. The smallest absolute Gasteiger partial charge is 0.322 e. The van der Waals surface area contributed by atoms with Crippen LogP contribution >= 0.6 is 0 Å². The lowest BCUT2D eigenvalue weighted by Gasteiger charge is -2.34.